The highest BCUT2D eigenvalue weighted by Crippen LogP contribution is 2.64. The minimum Gasteiger partial charge on any atom is -0.508 e. The summed E-state index contributed by atoms with van der Waals surface area (Å²) in [6, 6.07) is 7.35. The van der Waals surface area contributed by atoms with Crippen molar-refractivity contribution in [3.8, 4) is 5.75 Å². The zero-order chi connectivity index (χ0) is 15.3. The van der Waals surface area contributed by atoms with Crippen LogP contribution in [0.15, 0.2) is 24.3 Å². The zero-order valence-electron chi connectivity index (χ0n) is 12.0. The summed E-state index contributed by atoms with van der Waals surface area (Å²) < 4.78 is -0.891. The van der Waals surface area contributed by atoms with Gasteiger partial charge in [0, 0.05) is 13.1 Å². The number of carbonyl (C=O) groups excluding carboxylic acids is 1. The highest BCUT2D eigenvalue weighted by atomic mass is 35.5. The number of hydrogen-bond donors (Lipinski definition) is 1. The summed E-state index contributed by atoms with van der Waals surface area (Å²) in [5.41, 5.74) is 0.614. The number of aromatic hydroxyl groups is 1. The van der Waals surface area contributed by atoms with E-state index in [0.717, 1.165) is 25.9 Å². The van der Waals surface area contributed by atoms with E-state index in [1.54, 1.807) is 12.1 Å². The second kappa shape index (κ2) is 5.06. The van der Waals surface area contributed by atoms with Crippen LogP contribution in [0.3, 0.4) is 0 Å². The lowest BCUT2D eigenvalue weighted by Gasteiger charge is -2.34. The van der Waals surface area contributed by atoms with Crippen molar-refractivity contribution in [3.63, 3.8) is 0 Å². The van der Waals surface area contributed by atoms with Gasteiger partial charge in [-0.25, -0.2) is 0 Å². The van der Waals surface area contributed by atoms with Crippen LogP contribution in [0.2, 0.25) is 0 Å². The van der Waals surface area contributed by atoms with Crippen LogP contribution >= 0.6 is 23.2 Å². The van der Waals surface area contributed by atoms with Gasteiger partial charge >= 0.3 is 0 Å². The number of phenolic OH excluding ortho intramolecular Hbond substituents is 1. The van der Waals surface area contributed by atoms with E-state index >= 15 is 0 Å². The Balaban J connectivity index is 1.61. The van der Waals surface area contributed by atoms with Crippen LogP contribution in [0.4, 0.5) is 0 Å². The standard InChI is InChI=1S/C16H19Cl2NO2/c1-15(10-16(15,17)18)14(21)19-8-6-12(7-9-19)11-2-4-13(20)5-3-11/h2-5,12,20H,6-10H2,1H3. The molecular formula is C16H19Cl2NO2. The van der Waals surface area contributed by atoms with Crippen molar-refractivity contribution in [3.05, 3.63) is 29.8 Å². The van der Waals surface area contributed by atoms with Gasteiger partial charge < -0.3 is 10.0 Å². The molecule has 1 atom stereocenters. The number of halogens is 2. The maximum atomic E-state index is 12.5. The Morgan fingerprint density at radius 1 is 1.24 bits per heavy atom. The van der Waals surface area contributed by atoms with Crippen molar-refractivity contribution in [2.75, 3.05) is 13.1 Å². The highest BCUT2D eigenvalue weighted by Gasteiger charge is 2.68. The molecule has 114 valence electrons. The molecule has 1 aromatic rings. The molecular weight excluding hydrogens is 309 g/mol. The fraction of sp³-hybridized carbons (Fsp3) is 0.562. The molecule has 1 N–H and O–H groups in total. The minimum absolute atomic E-state index is 0.0802. The Bertz CT molecular complexity index is 550. The Morgan fingerprint density at radius 3 is 2.24 bits per heavy atom. The van der Waals surface area contributed by atoms with Crippen LogP contribution in [0.5, 0.6) is 5.75 Å². The molecule has 1 amide bonds. The first kappa shape index (κ1) is 15.0. The summed E-state index contributed by atoms with van der Waals surface area (Å²) in [5, 5.41) is 9.34. The van der Waals surface area contributed by atoms with Gasteiger partial charge in [-0.2, -0.15) is 0 Å². The fourth-order valence-electron chi connectivity index (χ4n) is 3.14. The molecule has 0 spiro atoms. The van der Waals surface area contributed by atoms with Crippen molar-refractivity contribution in [2.45, 2.75) is 36.4 Å². The summed E-state index contributed by atoms with van der Waals surface area (Å²) in [5.74, 6) is 0.809. The van der Waals surface area contributed by atoms with E-state index in [0.29, 0.717) is 12.3 Å². The summed E-state index contributed by atoms with van der Waals surface area (Å²) in [6.45, 7) is 3.33. The van der Waals surface area contributed by atoms with Crippen LogP contribution in [0, 0.1) is 5.41 Å². The molecule has 1 aliphatic carbocycles. The molecule has 1 heterocycles. The lowest BCUT2D eigenvalue weighted by atomic mass is 9.89. The first-order chi connectivity index (χ1) is 9.83. The van der Waals surface area contributed by atoms with E-state index in [9.17, 15) is 9.90 Å². The molecule has 1 aliphatic heterocycles. The summed E-state index contributed by atoms with van der Waals surface area (Å²) >= 11 is 12.2. The Kier molecular flexibility index (Phi) is 3.61. The minimum atomic E-state index is -0.891. The third kappa shape index (κ3) is 2.62. The molecule has 0 aromatic heterocycles. The molecule has 1 unspecified atom stereocenters. The third-order valence-corrected chi connectivity index (χ3v) is 5.98. The van der Waals surface area contributed by atoms with Crippen LogP contribution in [-0.4, -0.2) is 33.3 Å². The van der Waals surface area contributed by atoms with Gasteiger partial charge in [-0.05, 0) is 49.8 Å². The largest absolute Gasteiger partial charge is 0.508 e. The number of hydrogen-bond acceptors (Lipinski definition) is 2. The third-order valence-electron chi connectivity index (χ3n) is 4.88. The smallest absolute Gasteiger partial charge is 0.231 e. The number of carbonyl (C=O) groups is 1. The first-order valence-electron chi connectivity index (χ1n) is 7.30. The number of nitrogens with zero attached hydrogens (tertiary/aromatic N) is 1. The van der Waals surface area contributed by atoms with Gasteiger partial charge in [-0.3, -0.25) is 4.79 Å². The predicted molar refractivity (Wildman–Crippen MR) is 83.8 cm³/mol. The van der Waals surface area contributed by atoms with Crippen molar-refractivity contribution in [2.24, 2.45) is 5.41 Å². The molecule has 1 saturated carbocycles. The maximum absolute atomic E-state index is 12.5. The number of benzene rings is 1. The molecule has 2 aliphatic rings. The fourth-order valence-corrected chi connectivity index (χ4v) is 3.84. The second-order valence-electron chi connectivity index (χ2n) is 6.37. The van der Waals surface area contributed by atoms with Crippen molar-refractivity contribution in [1.82, 2.24) is 4.90 Å². The molecule has 3 rings (SSSR count). The van der Waals surface area contributed by atoms with Gasteiger partial charge in [-0.1, -0.05) is 12.1 Å². The van der Waals surface area contributed by atoms with E-state index in [-0.39, 0.29) is 11.7 Å². The number of amides is 1. The molecule has 5 heteroatoms. The van der Waals surface area contributed by atoms with Crippen LogP contribution in [0.1, 0.15) is 37.7 Å². The molecule has 3 nitrogen and oxygen atoms in total. The molecule has 0 bridgehead atoms. The van der Waals surface area contributed by atoms with Gasteiger partial charge in [-0.15, -0.1) is 23.2 Å². The lowest BCUT2D eigenvalue weighted by Crippen LogP contribution is -2.42. The Morgan fingerprint density at radius 2 is 1.76 bits per heavy atom. The monoisotopic (exact) mass is 327 g/mol. The van der Waals surface area contributed by atoms with Gasteiger partial charge in [0.05, 0.1) is 5.41 Å². The zero-order valence-corrected chi connectivity index (χ0v) is 13.5. The lowest BCUT2D eigenvalue weighted by molar-refractivity contribution is -0.137. The average molecular weight is 328 g/mol. The van der Waals surface area contributed by atoms with Crippen molar-refractivity contribution < 1.29 is 9.90 Å². The average Bonchev–Trinajstić information content (AvgIpc) is 2.99. The first-order valence-corrected chi connectivity index (χ1v) is 8.05. The molecule has 1 saturated heterocycles. The quantitative estimate of drug-likeness (QED) is 0.842. The number of phenols is 1. The van der Waals surface area contributed by atoms with Gasteiger partial charge in [0.25, 0.3) is 0 Å². The highest BCUT2D eigenvalue weighted by molar-refractivity contribution is 6.53. The maximum Gasteiger partial charge on any atom is 0.231 e. The molecule has 1 aromatic carbocycles. The van der Waals surface area contributed by atoms with Gasteiger partial charge in [0.1, 0.15) is 10.1 Å². The molecule has 0 radical (unpaired) electrons. The number of rotatable bonds is 2. The van der Waals surface area contributed by atoms with Crippen molar-refractivity contribution in [1.29, 1.82) is 0 Å². The van der Waals surface area contributed by atoms with E-state index in [1.165, 1.54) is 5.56 Å². The number of alkyl halides is 2. The Hall–Kier alpha value is -0.930. The van der Waals surface area contributed by atoms with E-state index in [4.69, 9.17) is 23.2 Å². The number of piperidine rings is 1. The summed E-state index contributed by atoms with van der Waals surface area (Å²) in [4.78, 5) is 14.4. The van der Waals surface area contributed by atoms with E-state index in [1.807, 2.05) is 24.0 Å². The molecule has 21 heavy (non-hydrogen) atoms. The molecule has 2 fully saturated rings. The topological polar surface area (TPSA) is 40.5 Å². The van der Waals surface area contributed by atoms with Crippen molar-refractivity contribution >= 4 is 29.1 Å². The summed E-state index contributed by atoms with van der Waals surface area (Å²) in [6.07, 6.45) is 2.41. The van der Waals surface area contributed by atoms with Gasteiger partial charge in [0.2, 0.25) is 5.91 Å². The summed E-state index contributed by atoms with van der Waals surface area (Å²) in [7, 11) is 0. The van der Waals surface area contributed by atoms with Crippen LogP contribution in [0.25, 0.3) is 0 Å². The normalized spacial score (nSPS) is 28.4. The Labute approximate surface area is 134 Å². The number of likely N-dealkylation sites (tertiary alicyclic amines) is 1. The van der Waals surface area contributed by atoms with Gasteiger partial charge in [0.15, 0.2) is 0 Å². The van der Waals surface area contributed by atoms with Crippen LogP contribution in [-0.2, 0) is 4.79 Å². The van der Waals surface area contributed by atoms with E-state index in [2.05, 4.69) is 0 Å². The van der Waals surface area contributed by atoms with E-state index < -0.39 is 9.75 Å². The predicted octanol–water partition coefficient (Wildman–Crippen LogP) is 3.68. The SMILES string of the molecule is CC1(C(=O)N2CCC(c3ccc(O)cc3)CC2)CC1(Cl)Cl. The van der Waals surface area contributed by atoms with Crippen LogP contribution < -0.4 is 0 Å². The second-order valence-corrected chi connectivity index (χ2v) is 7.86.